The van der Waals surface area contributed by atoms with Crippen LogP contribution in [0.25, 0.3) is 0 Å². The maximum absolute atomic E-state index is 12.3. The number of amides is 1. The Morgan fingerprint density at radius 3 is 2.83 bits per heavy atom. The van der Waals surface area contributed by atoms with Crippen LogP contribution in [0.1, 0.15) is 10.4 Å². The zero-order valence-electron chi connectivity index (χ0n) is 12.9. The van der Waals surface area contributed by atoms with Crippen molar-refractivity contribution in [3.05, 3.63) is 52.2 Å². The van der Waals surface area contributed by atoms with Gasteiger partial charge in [0.25, 0.3) is 5.91 Å². The van der Waals surface area contributed by atoms with Crippen LogP contribution < -0.4 is 4.74 Å². The van der Waals surface area contributed by atoms with Gasteiger partial charge < -0.3 is 14.5 Å². The summed E-state index contributed by atoms with van der Waals surface area (Å²) in [7, 11) is 1.67. The normalized spacial score (nSPS) is 11.0. The number of para-hydroxylation sites is 1. The summed E-state index contributed by atoms with van der Waals surface area (Å²) >= 11 is 1.56. The van der Waals surface area contributed by atoms with Crippen molar-refractivity contribution in [3.8, 4) is 5.75 Å². The molecule has 0 bridgehead atoms. The number of halogens is 2. The van der Waals surface area contributed by atoms with E-state index >= 15 is 0 Å². The van der Waals surface area contributed by atoms with E-state index in [4.69, 9.17) is 4.84 Å². The van der Waals surface area contributed by atoms with E-state index in [0.717, 1.165) is 4.88 Å². The number of likely N-dealkylation sites (N-methyl/N-ethyl adjacent to an activating group) is 1. The number of hydrogen-bond acceptors (Lipinski definition) is 5. The molecule has 8 heteroatoms. The number of thiophene rings is 1. The molecule has 0 atom stereocenters. The second kappa shape index (κ2) is 8.97. The van der Waals surface area contributed by atoms with Gasteiger partial charge in [0.05, 0.1) is 12.8 Å². The van der Waals surface area contributed by atoms with Gasteiger partial charge in [-0.2, -0.15) is 8.78 Å². The third kappa shape index (κ3) is 5.62. The smallest absolute Gasteiger partial charge is 0.387 e. The molecule has 1 heterocycles. The number of rotatable bonds is 8. The number of oxime groups is 1. The molecule has 0 aliphatic rings. The Morgan fingerprint density at radius 2 is 2.12 bits per heavy atom. The Labute approximate surface area is 142 Å². The lowest BCUT2D eigenvalue weighted by molar-refractivity contribution is -0.135. The van der Waals surface area contributed by atoms with Gasteiger partial charge in [-0.15, -0.1) is 11.3 Å². The van der Waals surface area contributed by atoms with Crippen LogP contribution in [0.4, 0.5) is 8.78 Å². The van der Waals surface area contributed by atoms with Crippen molar-refractivity contribution < 1.29 is 23.1 Å². The Morgan fingerprint density at radius 1 is 1.33 bits per heavy atom. The molecule has 0 aliphatic carbocycles. The first kappa shape index (κ1) is 17.9. The summed E-state index contributed by atoms with van der Waals surface area (Å²) < 4.78 is 28.9. The van der Waals surface area contributed by atoms with E-state index < -0.39 is 6.61 Å². The fourth-order valence-corrected chi connectivity index (χ4v) is 2.57. The van der Waals surface area contributed by atoms with Crippen molar-refractivity contribution in [1.29, 1.82) is 0 Å². The molecule has 24 heavy (non-hydrogen) atoms. The van der Waals surface area contributed by atoms with Crippen LogP contribution in [-0.4, -0.2) is 37.3 Å². The van der Waals surface area contributed by atoms with Crippen LogP contribution in [0.2, 0.25) is 0 Å². The molecule has 128 valence electrons. The summed E-state index contributed by atoms with van der Waals surface area (Å²) in [5, 5.41) is 5.57. The van der Waals surface area contributed by atoms with E-state index in [1.165, 1.54) is 17.2 Å². The molecule has 0 saturated carbocycles. The first-order chi connectivity index (χ1) is 11.6. The largest absolute Gasteiger partial charge is 0.434 e. The molecule has 2 rings (SSSR count). The Bertz CT molecular complexity index is 678. The number of alkyl halides is 2. The van der Waals surface area contributed by atoms with Gasteiger partial charge in [-0.25, -0.2) is 0 Å². The van der Waals surface area contributed by atoms with Gasteiger partial charge >= 0.3 is 6.61 Å². The molecule has 0 fully saturated rings. The minimum absolute atomic E-state index is 0.0130. The van der Waals surface area contributed by atoms with Crippen LogP contribution in [0, 0.1) is 0 Å². The van der Waals surface area contributed by atoms with Gasteiger partial charge in [-0.3, -0.25) is 4.79 Å². The third-order valence-corrected chi connectivity index (χ3v) is 3.85. The van der Waals surface area contributed by atoms with E-state index in [2.05, 4.69) is 9.89 Å². The van der Waals surface area contributed by atoms with Crippen LogP contribution in [0.3, 0.4) is 0 Å². The molecule has 5 nitrogen and oxygen atoms in total. The Hall–Kier alpha value is -2.48. The van der Waals surface area contributed by atoms with E-state index in [-0.39, 0.29) is 18.3 Å². The van der Waals surface area contributed by atoms with Crippen LogP contribution in [-0.2, 0) is 16.2 Å². The molecule has 0 aliphatic heterocycles. The van der Waals surface area contributed by atoms with Gasteiger partial charge in [-0.1, -0.05) is 23.4 Å². The average Bonchev–Trinajstić information content (AvgIpc) is 3.05. The fourth-order valence-electron chi connectivity index (χ4n) is 1.81. The summed E-state index contributed by atoms with van der Waals surface area (Å²) in [6.45, 7) is -2.67. The fraction of sp³-hybridized carbons (Fsp3) is 0.250. The van der Waals surface area contributed by atoms with E-state index in [1.807, 2.05) is 17.5 Å². The molecule has 1 aromatic carbocycles. The molecular formula is C16H16F2N2O3S. The van der Waals surface area contributed by atoms with Crippen molar-refractivity contribution in [2.45, 2.75) is 13.2 Å². The zero-order valence-corrected chi connectivity index (χ0v) is 13.7. The summed E-state index contributed by atoms with van der Waals surface area (Å²) in [5.41, 5.74) is 0.331. The molecule has 0 N–H and O–H groups in total. The SMILES string of the molecule is CN(Cc1cccs1)C(=O)CO/N=C/c1ccccc1OC(F)F. The molecule has 1 amide bonds. The standard InChI is InChI=1S/C16H16F2N2O3S/c1-20(10-13-6-4-8-24-13)15(21)11-22-19-9-12-5-2-3-7-14(12)23-16(17)18/h2-9,16H,10-11H2,1H3/b19-9+. The minimum atomic E-state index is -2.92. The van der Waals surface area contributed by atoms with Gasteiger partial charge in [0, 0.05) is 17.5 Å². The molecule has 1 aromatic heterocycles. The van der Waals surface area contributed by atoms with Gasteiger partial charge in [-0.05, 0) is 23.6 Å². The third-order valence-electron chi connectivity index (χ3n) is 2.99. The lowest BCUT2D eigenvalue weighted by atomic mass is 10.2. The van der Waals surface area contributed by atoms with Crippen LogP contribution >= 0.6 is 11.3 Å². The lowest BCUT2D eigenvalue weighted by Crippen LogP contribution is -2.29. The maximum Gasteiger partial charge on any atom is 0.387 e. The highest BCUT2D eigenvalue weighted by atomic mass is 32.1. The summed E-state index contributed by atoms with van der Waals surface area (Å²) in [6, 6.07) is 10.0. The maximum atomic E-state index is 12.3. The first-order valence-electron chi connectivity index (χ1n) is 7.02. The lowest BCUT2D eigenvalue weighted by Gasteiger charge is -2.15. The Balaban J connectivity index is 1.83. The summed E-state index contributed by atoms with van der Waals surface area (Å²) in [6.07, 6.45) is 1.23. The Kier molecular flexibility index (Phi) is 6.68. The van der Waals surface area contributed by atoms with Gasteiger partial charge in [0.1, 0.15) is 5.75 Å². The number of hydrogen-bond donors (Lipinski definition) is 0. The van der Waals surface area contributed by atoms with Crippen molar-refractivity contribution >= 4 is 23.5 Å². The summed E-state index contributed by atoms with van der Waals surface area (Å²) in [4.78, 5) is 19.4. The van der Waals surface area contributed by atoms with Crippen molar-refractivity contribution in [2.75, 3.05) is 13.7 Å². The highest BCUT2D eigenvalue weighted by Gasteiger charge is 2.10. The topological polar surface area (TPSA) is 51.1 Å². The van der Waals surface area contributed by atoms with Crippen molar-refractivity contribution in [2.24, 2.45) is 5.16 Å². The quantitative estimate of drug-likeness (QED) is 0.540. The average molecular weight is 354 g/mol. The minimum Gasteiger partial charge on any atom is -0.434 e. The highest BCUT2D eigenvalue weighted by molar-refractivity contribution is 7.09. The zero-order chi connectivity index (χ0) is 17.4. The van der Waals surface area contributed by atoms with Gasteiger partial charge in [0.15, 0.2) is 6.61 Å². The number of nitrogens with zero attached hydrogens (tertiary/aromatic N) is 2. The monoisotopic (exact) mass is 354 g/mol. The number of benzene rings is 1. The molecular weight excluding hydrogens is 338 g/mol. The number of ether oxygens (including phenoxy) is 1. The summed E-state index contributed by atoms with van der Waals surface area (Å²) in [5.74, 6) is -0.251. The first-order valence-corrected chi connectivity index (χ1v) is 7.89. The van der Waals surface area contributed by atoms with Crippen LogP contribution in [0.15, 0.2) is 46.9 Å². The molecule has 2 aromatic rings. The highest BCUT2D eigenvalue weighted by Crippen LogP contribution is 2.18. The molecule has 0 unspecified atom stereocenters. The van der Waals surface area contributed by atoms with Gasteiger partial charge in [0.2, 0.25) is 0 Å². The predicted octanol–water partition coefficient (Wildman–Crippen LogP) is 3.36. The molecule has 0 saturated heterocycles. The van der Waals surface area contributed by atoms with Crippen LogP contribution in [0.5, 0.6) is 5.75 Å². The number of carbonyl (C=O) groups is 1. The van der Waals surface area contributed by atoms with E-state index in [9.17, 15) is 13.6 Å². The number of carbonyl (C=O) groups excluding carboxylic acids is 1. The second-order valence-corrected chi connectivity index (χ2v) is 5.79. The van der Waals surface area contributed by atoms with Crippen molar-refractivity contribution in [3.63, 3.8) is 0 Å². The van der Waals surface area contributed by atoms with Crippen molar-refractivity contribution in [1.82, 2.24) is 4.90 Å². The van der Waals surface area contributed by atoms with E-state index in [1.54, 1.807) is 36.6 Å². The molecule has 0 spiro atoms. The molecule has 0 radical (unpaired) electrons. The predicted molar refractivity (Wildman–Crippen MR) is 87.4 cm³/mol. The van der Waals surface area contributed by atoms with E-state index in [0.29, 0.717) is 12.1 Å². The second-order valence-electron chi connectivity index (χ2n) is 4.75.